The molecule has 0 saturated carbocycles. The predicted molar refractivity (Wildman–Crippen MR) is 146 cm³/mol. The van der Waals surface area contributed by atoms with Gasteiger partial charge in [0.1, 0.15) is 10.8 Å². The molecule has 0 saturated heterocycles. The van der Waals surface area contributed by atoms with E-state index in [2.05, 4.69) is 15.3 Å². The molecule has 0 unspecified atom stereocenters. The Bertz CT molecular complexity index is 1570. The average molecular weight is 570 g/mol. The summed E-state index contributed by atoms with van der Waals surface area (Å²) in [5, 5.41) is 14.8. The molecule has 194 valence electrons. The number of benzene rings is 3. The predicted octanol–water partition coefficient (Wildman–Crippen LogP) is 5.03. The first kappa shape index (κ1) is 27.0. The molecule has 1 aromatic heterocycles. The Kier molecular flexibility index (Phi) is 8.56. The quantitative estimate of drug-likeness (QED) is 0.116. The van der Waals surface area contributed by atoms with Crippen molar-refractivity contribution in [2.24, 2.45) is 0 Å². The van der Waals surface area contributed by atoms with Crippen LogP contribution in [0, 0.1) is 10.1 Å². The molecular formula is C25H20ClN5O5S2. The Balaban J connectivity index is 1.43. The molecule has 0 radical (unpaired) electrons. The van der Waals surface area contributed by atoms with E-state index < -0.39 is 31.4 Å². The van der Waals surface area contributed by atoms with Gasteiger partial charge in [0.05, 0.1) is 27.9 Å². The molecular weight excluding hydrogens is 550 g/mol. The number of nitro groups is 1. The lowest BCUT2D eigenvalue weighted by molar-refractivity contribution is -0.384. The van der Waals surface area contributed by atoms with Gasteiger partial charge in [-0.25, -0.2) is 18.1 Å². The van der Waals surface area contributed by atoms with Gasteiger partial charge in [-0.1, -0.05) is 41.9 Å². The summed E-state index contributed by atoms with van der Waals surface area (Å²) in [6.45, 7) is 0.417. The fourth-order valence-corrected chi connectivity index (χ4v) is 5.29. The van der Waals surface area contributed by atoms with Gasteiger partial charge in [0.15, 0.2) is 0 Å². The zero-order valence-electron chi connectivity index (χ0n) is 19.6. The number of hydrogen-bond donors (Lipinski definition) is 2. The molecule has 4 aromatic rings. The summed E-state index contributed by atoms with van der Waals surface area (Å²) in [5.41, 5.74) is 0.929. The van der Waals surface area contributed by atoms with Crippen molar-refractivity contribution in [3.8, 4) is 11.3 Å². The minimum Gasteiger partial charge on any atom is -0.379 e. The summed E-state index contributed by atoms with van der Waals surface area (Å²) >= 11 is 7.43. The number of halogens is 1. The highest BCUT2D eigenvalue weighted by Crippen LogP contribution is 2.28. The molecule has 0 bridgehead atoms. The van der Waals surface area contributed by atoms with Crippen LogP contribution in [0.1, 0.15) is 10.4 Å². The molecule has 0 aliphatic carbocycles. The third kappa shape index (κ3) is 6.85. The number of carbonyl (C=O) groups is 1. The van der Waals surface area contributed by atoms with Crippen molar-refractivity contribution in [1.82, 2.24) is 14.7 Å². The van der Waals surface area contributed by atoms with Crippen molar-refractivity contribution < 1.29 is 18.1 Å². The van der Waals surface area contributed by atoms with Gasteiger partial charge in [0.2, 0.25) is 0 Å². The Morgan fingerprint density at radius 3 is 2.45 bits per heavy atom. The highest BCUT2D eigenvalue weighted by Gasteiger charge is 2.24. The topological polar surface area (TPSA) is 144 Å². The molecule has 38 heavy (non-hydrogen) atoms. The highest BCUT2D eigenvalue weighted by molar-refractivity contribution is 7.99. The van der Waals surface area contributed by atoms with Crippen LogP contribution in [0.2, 0.25) is 5.15 Å². The Morgan fingerprint density at radius 1 is 1.03 bits per heavy atom. The maximum Gasteiger partial charge on any atom is 0.293 e. The molecule has 0 aliphatic rings. The van der Waals surface area contributed by atoms with Crippen LogP contribution in [-0.4, -0.2) is 41.5 Å². The van der Waals surface area contributed by atoms with Gasteiger partial charge in [-0.15, -0.1) is 11.8 Å². The minimum absolute atomic E-state index is 0.0658. The van der Waals surface area contributed by atoms with Gasteiger partial charge in [0, 0.05) is 34.4 Å². The number of thioether (sulfide) groups is 1. The zero-order chi connectivity index (χ0) is 27.1. The number of sulfonamides is 1. The molecule has 0 spiro atoms. The van der Waals surface area contributed by atoms with E-state index in [0.29, 0.717) is 23.6 Å². The van der Waals surface area contributed by atoms with E-state index in [0.717, 1.165) is 11.0 Å². The largest absolute Gasteiger partial charge is 0.379 e. The first-order valence-electron chi connectivity index (χ1n) is 11.1. The summed E-state index contributed by atoms with van der Waals surface area (Å²) in [4.78, 5) is 32.3. The van der Waals surface area contributed by atoms with Crippen molar-refractivity contribution in [3.63, 3.8) is 0 Å². The SMILES string of the molecule is O=C(NS(=O)(=O)c1ccc(NCCSc2ccccc2)c([N+](=O)[O-])c1)c1ccc(-c2cncc(Cl)n2)cc1. The number of hydrogen-bond acceptors (Lipinski definition) is 9. The van der Waals surface area contributed by atoms with E-state index in [1.54, 1.807) is 23.9 Å². The summed E-state index contributed by atoms with van der Waals surface area (Å²) in [5.74, 6) is -0.253. The number of amides is 1. The number of rotatable bonds is 10. The molecule has 2 N–H and O–H groups in total. The van der Waals surface area contributed by atoms with Gasteiger partial charge in [-0.3, -0.25) is 19.9 Å². The van der Waals surface area contributed by atoms with Gasteiger partial charge in [-0.05, 0) is 36.4 Å². The number of nitro benzene ring substituents is 1. The number of nitrogens with one attached hydrogen (secondary N) is 2. The van der Waals surface area contributed by atoms with E-state index in [-0.39, 0.29) is 16.4 Å². The van der Waals surface area contributed by atoms with Crippen LogP contribution in [0.25, 0.3) is 11.3 Å². The van der Waals surface area contributed by atoms with Crippen LogP contribution in [-0.2, 0) is 10.0 Å². The number of carbonyl (C=O) groups excluding carboxylic acids is 1. The molecule has 0 aliphatic heterocycles. The van der Waals surface area contributed by atoms with Crippen LogP contribution in [0.3, 0.4) is 0 Å². The van der Waals surface area contributed by atoms with Gasteiger partial charge >= 0.3 is 0 Å². The molecule has 3 aromatic carbocycles. The second-order valence-corrected chi connectivity index (χ2v) is 11.0. The van der Waals surface area contributed by atoms with Crippen LogP contribution < -0.4 is 10.0 Å². The van der Waals surface area contributed by atoms with Gasteiger partial charge in [-0.2, -0.15) is 0 Å². The smallest absolute Gasteiger partial charge is 0.293 e. The van der Waals surface area contributed by atoms with E-state index in [1.165, 1.54) is 36.7 Å². The lowest BCUT2D eigenvalue weighted by Crippen LogP contribution is -2.30. The van der Waals surface area contributed by atoms with E-state index in [9.17, 15) is 23.3 Å². The normalized spacial score (nSPS) is 11.1. The Morgan fingerprint density at radius 2 is 1.76 bits per heavy atom. The molecule has 0 atom stereocenters. The Labute approximate surface area is 227 Å². The average Bonchev–Trinajstić information content (AvgIpc) is 2.91. The van der Waals surface area contributed by atoms with E-state index >= 15 is 0 Å². The molecule has 10 nitrogen and oxygen atoms in total. The summed E-state index contributed by atoms with van der Waals surface area (Å²) in [6, 6.07) is 19.1. The lowest BCUT2D eigenvalue weighted by atomic mass is 10.1. The number of nitrogens with zero attached hydrogens (tertiary/aromatic N) is 3. The fourth-order valence-electron chi connectivity index (χ4n) is 3.36. The first-order valence-corrected chi connectivity index (χ1v) is 13.9. The Hall–Kier alpha value is -4.00. The van der Waals surface area contributed by atoms with Crippen molar-refractivity contribution in [2.75, 3.05) is 17.6 Å². The number of aromatic nitrogens is 2. The van der Waals surface area contributed by atoms with Gasteiger partial charge < -0.3 is 5.32 Å². The first-order chi connectivity index (χ1) is 18.2. The van der Waals surface area contributed by atoms with Crippen molar-refractivity contribution in [1.29, 1.82) is 0 Å². The van der Waals surface area contributed by atoms with Crippen molar-refractivity contribution in [2.45, 2.75) is 9.79 Å². The van der Waals surface area contributed by atoms with Gasteiger partial charge in [0.25, 0.3) is 21.6 Å². The standard InChI is InChI=1S/C25H20ClN5O5S2/c26-24-16-27-15-22(29-24)17-6-8-18(9-7-17)25(32)30-38(35,36)20-10-11-21(23(14-20)31(33)34)28-12-13-37-19-4-2-1-3-5-19/h1-11,14-16,28H,12-13H2,(H,30,32). The summed E-state index contributed by atoms with van der Waals surface area (Å²) in [7, 11) is -4.39. The minimum atomic E-state index is -4.39. The number of anilines is 1. The molecule has 4 rings (SSSR count). The van der Waals surface area contributed by atoms with E-state index in [1.807, 2.05) is 35.1 Å². The van der Waals surface area contributed by atoms with Crippen LogP contribution >= 0.6 is 23.4 Å². The lowest BCUT2D eigenvalue weighted by Gasteiger charge is -2.10. The summed E-state index contributed by atoms with van der Waals surface area (Å²) < 4.78 is 27.6. The molecule has 0 fully saturated rings. The highest BCUT2D eigenvalue weighted by atomic mass is 35.5. The molecule has 1 amide bonds. The maximum absolute atomic E-state index is 12.8. The molecule has 13 heteroatoms. The third-order valence-electron chi connectivity index (χ3n) is 5.18. The third-order valence-corrected chi connectivity index (χ3v) is 7.71. The summed E-state index contributed by atoms with van der Waals surface area (Å²) in [6.07, 6.45) is 2.88. The van der Waals surface area contributed by atoms with E-state index in [4.69, 9.17) is 11.6 Å². The molecule has 1 heterocycles. The van der Waals surface area contributed by atoms with Crippen LogP contribution in [0.4, 0.5) is 11.4 Å². The van der Waals surface area contributed by atoms with Crippen molar-refractivity contribution >= 4 is 50.7 Å². The van der Waals surface area contributed by atoms with Crippen LogP contribution in [0.5, 0.6) is 0 Å². The zero-order valence-corrected chi connectivity index (χ0v) is 22.0. The second kappa shape index (κ2) is 12.0. The van der Waals surface area contributed by atoms with Crippen molar-refractivity contribution in [3.05, 3.63) is 106 Å². The van der Waals surface area contributed by atoms with Crippen LogP contribution in [0.15, 0.2) is 95.0 Å². The fraction of sp³-hybridized carbons (Fsp3) is 0.0800. The second-order valence-electron chi connectivity index (χ2n) is 7.76. The maximum atomic E-state index is 12.8. The monoisotopic (exact) mass is 569 g/mol.